The third-order valence-electron chi connectivity index (χ3n) is 2.41. The Morgan fingerprint density at radius 1 is 1.50 bits per heavy atom. The topological polar surface area (TPSA) is 92.9 Å². The highest BCUT2D eigenvalue weighted by Gasteiger charge is 2.14. The van der Waals surface area contributed by atoms with Crippen LogP contribution >= 0.6 is 0 Å². The Kier molecular flexibility index (Phi) is 4.24. The zero-order valence-corrected chi connectivity index (χ0v) is 11.1. The SMILES string of the molecule is CCNc1ncc(F)cc1C(=O)NCc1nc(C)no1. The van der Waals surface area contributed by atoms with Crippen molar-refractivity contribution in [2.45, 2.75) is 20.4 Å². The van der Waals surface area contributed by atoms with Gasteiger partial charge in [0.2, 0.25) is 5.89 Å². The number of nitrogens with zero attached hydrogens (tertiary/aromatic N) is 3. The highest BCUT2D eigenvalue weighted by atomic mass is 19.1. The van der Waals surface area contributed by atoms with E-state index in [1.165, 1.54) is 0 Å². The summed E-state index contributed by atoms with van der Waals surface area (Å²) >= 11 is 0. The molecule has 0 aliphatic rings. The van der Waals surface area contributed by atoms with Crippen LogP contribution in [0.5, 0.6) is 0 Å². The van der Waals surface area contributed by atoms with Crippen LogP contribution in [0.1, 0.15) is 29.0 Å². The molecule has 0 saturated carbocycles. The van der Waals surface area contributed by atoms with Gasteiger partial charge in [0.05, 0.1) is 18.3 Å². The number of amides is 1. The lowest BCUT2D eigenvalue weighted by molar-refractivity contribution is 0.0946. The minimum Gasteiger partial charge on any atom is -0.370 e. The first-order chi connectivity index (χ1) is 9.60. The van der Waals surface area contributed by atoms with Crippen molar-refractivity contribution in [1.29, 1.82) is 0 Å². The van der Waals surface area contributed by atoms with E-state index in [1.54, 1.807) is 6.92 Å². The molecule has 0 aromatic carbocycles. The van der Waals surface area contributed by atoms with E-state index in [0.717, 1.165) is 12.3 Å². The van der Waals surface area contributed by atoms with E-state index < -0.39 is 11.7 Å². The van der Waals surface area contributed by atoms with Crippen LogP contribution in [0.25, 0.3) is 0 Å². The lowest BCUT2D eigenvalue weighted by atomic mass is 10.2. The highest BCUT2D eigenvalue weighted by Crippen LogP contribution is 2.13. The molecule has 2 rings (SSSR count). The Bertz CT molecular complexity index is 614. The number of halogens is 1. The number of aryl methyl sites for hydroxylation is 1. The second kappa shape index (κ2) is 6.09. The van der Waals surface area contributed by atoms with E-state index in [4.69, 9.17) is 4.52 Å². The molecule has 2 heterocycles. The van der Waals surface area contributed by atoms with Crippen LogP contribution in [0.2, 0.25) is 0 Å². The average Bonchev–Trinajstić information content (AvgIpc) is 2.84. The van der Waals surface area contributed by atoms with Crippen LogP contribution < -0.4 is 10.6 Å². The van der Waals surface area contributed by atoms with Crippen molar-refractivity contribution in [3.63, 3.8) is 0 Å². The van der Waals surface area contributed by atoms with Gasteiger partial charge < -0.3 is 15.2 Å². The molecule has 0 radical (unpaired) electrons. The molecule has 0 atom stereocenters. The Hall–Kier alpha value is -2.51. The number of nitrogens with one attached hydrogen (secondary N) is 2. The van der Waals surface area contributed by atoms with E-state index >= 15 is 0 Å². The fraction of sp³-hybridized carbons (Fsp3) is 0.333. The van der Waals surface area contributed by atoms with Gasteiger partial charge in [-0.15, -0.1) is 0 Å². The van der Waals surface area contributed by atoms with E-state index in [1.807, 2.05) is 6.92 Å². The number of carbonyl (C=O) groups is 1. The second-order valence-corrected chi connectivity index (χ2v) is 4.00. The summed E-state index contributed by atoms with van der Waals surface area (Å²) in [5, 5.41) is 9.08. The molecule has 1 amide bonds. The van der Waals surface area contributed by atoms with E-state index in [0.29, 0.717) is 18.2 Å². The molecule has 2 N–H and O–H groups in total. The van der Waals surface area contributed by atoms with E-state index in [9.17, 15) is 9.18 Å². The summed E-state index contributed by atoms with van der Waals surface area (Å²) in [7, 11) is 0. The predicted octanol–water partition coefficient (Wildman–Crippen LogP) is 1.27. The van der Waals surface area contributed by atoms with Gasteiger partial charge in [0.15, 0.2) is 5.82 Å². The predicted molar refractivity (Wildman–Crippen MR) is 68.6 cm³/mol. The molecular weight excluding hydrogens is 265 g/mol. The largest absolute Gasteiger partial charge is 0.370 e. The first-order valence-electron chi connectivity index (χ1n) is 6.07. The summed E-state index contributed by atoms with van der Waals surface area (Å²) in [5.41, 5.74) is 0.128. The molecular formula is C12H14FN5O2. The Balaban J connectivity index is 2.09. The first-order valence-corrected chi connectivity index (χ1v) is 6.07. The van der Waals surface area contributed by atoms with Crippen LogP contribution in [0, 0.1) is 12.7 Å². The smallest absolute Gasteiger partial charge is 0.255 e. The maximum atomic E-state index is 13.2. The zero-order chi connectivity index (χ0) is 14.5. The minimum atomic E-state index is -0.578. The summed E-state index contributed by atoms with van der Waals surface area (Å²) in [5.74, 6) is 0.0440. The van der Waals surface area contributed by atoms with Crippen molar-refractivity contribution >= 4 is 11.7 Å². The molecule has 7 nitrogen and oxygen atoms in total. The molecule has 0 unspecified atom stereocenters. The summed E-state index contributed by atoms with van der Waals surface area (Å²) in [6.45, 7) is 4.17. The van der Waals surface area contributed by atoms with Gasteiger partial charge >= 0.3 is 0 Å². The number of hydrogen-bond donors (Lipinski definition) is 2. The third-order valence-corrected chi connectivity index (χ3v) is 2.41. The lowest BCUT2D eigenvalue weighted by Crippen LogP contribution is -2.24. The molecule has 0 fully saturated rings. The van der Waals surface area contributed by atoms with Crippen molar-refractivity contribution in [3.8, 4) is 0 Å². The van der Waals surface area contributed by atoms with Crippen LogP contribution in [-0.4, -0.2) is 27.6 Å². The standard InChI is InChI=1S/C12H14FN5O2/c1-3-14-11-9(4-8(13)5-15-11)12(19)16-6-10-17-7(2)18-20-10/h4-5H,3,6H2,1-2H3,(H,14,15)(H,16,19). The fourth-order valence-corrected chi connectivity index (χ4v) is 1.58. The number of rotatable bonds is 5. The number of anilines is 1. The van der Waals surface area contributed by atoms with Crippen LogP contribution in [0.3, 0.4) is 0 Å². The summed E-state index contributed by atoms with van der Waals surface area (Å²) in [4.78, 5) is 19.8. The second-order valence-electron chi connectivity index (χ2n) is 4.00. The Morgan fingerprint density at radius 2 is 2.30 bits per heavy atom. The van der Waals surface area contributed by atoms with Crippen LogP contribution in [0.4, 0.5) is 10.2 Å². The van der Waals surface area contributed by atoms with Gasteiger partial charge in [-0.2, -0.15) is 4.98 Å². The molecule has 20 heavy (non-hydrogen) atoms. The molecule has 0 aliphatic carbocycles. The quantitative estimate of drug-likeness (QED) is 0.856. The molecule has 0 saturated heterocycles. The van der Waals surface area contributed by atoms with E-state index in [-0.39, 0.29) is 18.0 Å². The van der Waals surface area contributed by atoms with Crippen LogP contribution in [-0.2, 0) is 6.54 Å². The third kappa shape index (κ3) is 3.28. The highest BCUT2D eigenvalue weighted by molar-refractivity contribution is 5.98. The number of hydrogen-bond acceptors (Lipinski definition) is 6. The summed E-state index contributed by atoms with van der Waals surface area (Å²) in [6.07, 6.45) is 1.05. The van der Waals surface area contributed by atoms with Crippen LogP contribution in [0.15, 0.2) is 16.8 Å². The molecule has 2 aromatic rings. The molecule has 0 spiro atoms. The van der Waals surface area contributed by atoms with Gasteiger partial charge in [-0.05, 0) is 19.9 Å². The monoisotopic (exact) mass is 279 g/mol. The average molecular weight is 279 g/mol. The fourth-order valence-electron chi connectivity index (χ4n) is 1.58. The number of pyridine rings is 1. The van der Waals surface area contributed by atoms with E-state index in [2.05, 4.69) is 25.8 Å². The van der Waals surface area contributed by atoms with Gasteiger partial charge in [0.25, 0.3) is 5.91 Å². The van der Waals surface area contributed by atoms with Gasteiger partial charge in [-0.3, -0.25) is 4.79 Å². The maximum Gasteiger partial charge on any atom is 0.255 e. The normalized spacial score (nSPS) is 10.3. The Morgan fingerprint density at radius 3 is 2.95 bits per heavy atom. The van der Waals surface area contributed by atoms with Crippen molar-refractivity contribution in [2.75, 3.05) is 11.9 Å². The molecule has 0 bridgehead atoms. The van der Waals surface area contributed by atoms with Gasteiger partial charge in [0.1, 0.15) is 11.6 Å². The van der Waals surface area contributed by atoms with Crippen molar-refractivity contribution < 1.29 is 13.7 Å². The summed E-state index contributed by atoms with van der Waals surface area (Å²) in [6, 6.07) is 1.12. The molecule has 106 valence electrons. The zero-order valence-electron chi connectivity index (χ0n) is 11.1. The van der Waals surface area contributed by atoms with Gasteiger partial charge in [-0.25, -0.2) is 9.37 Å². The number of aromatic nitrogens is 3. The molecule has 8 heteroatoms. The summed E-state index contributed by atoms with van der Waals surface area (Å²) < 4.78 is 18.1. The molecule has 0 aliphatic heterocycles. The Labute approximate surface area is 114 Å². The van der Waals surface area contributed by atoms with Gasteiger partial charge in [0, 0.05) is 6.54 Å². The number of carbonyl (C=O) groups excluding carboxylic acids is 1. The maximum absolute atomic E-state index is 13.2. The van der Waals surface area contributed by atoms with Crippen molar-refractivity contribution in [1.82, 2.24) is 20.4 Å². The lowest BCUT2D eigenvalue weighted by Gasteiger charge is -2.09. The minimum absolute atomic E-state index is 0.0712. The first kappa shape index (κ1) is 13.9. The van der Waals surface area contributed by atoms with Crippen molar-refractivity contribution in [3.05, 3.63) is 35.4 Å². The van der Waals surface area contributed by atoms with Crippen molar-refractivity contribution in [2.24, 2.45) is 0 Å². The van der Waals surface area contributed by atoms with Gasteiger partial charge in [-0.1, -0.05) is 5.16 Å². The molecule has 2 aromatic heterocycles.